The topological polar surface area (TPSA) is 66.8 Å². The summed E-state index contributed by atoms with van der Waals surface area (Å²) in [6.45, 7) is 8.18. The van der Waals surface area contributed by atoms with E-state index in [0.29, 0.717) is 22.7 Å². The van der Waals surface area contributed by atoms with E-state index in [9.17, 15) is 14.7 Å². The van der Waals surface area contributed by atoms with Crippen LogP contribution in [0.25, 0.3) is 5.76 Å². The average Bonchev–Trinajstić information content (AvgIpc) is 3.51. The molecule has 192 valence electrons. The lowest BCUT2D eigenvalue weighted by Gasteiger charge is -2.25. The zero-order valence-electron chi connectivity index (χ0n) is 21.8. The van der Waals surface area contributed by atoms with Crippen molar-refractivity contribution in [2.75, 3.05) is 4.90 Å². The SMILES string of the molecule is Cc1ccc(C(C)(C)C)cc1/C(O)=C1\C(=O)C(=O)N(c2ccc(Oc3ccccc3)cc2)C1c1cccs1. The molecule has 5 rings (SSSR count). The summed E-state index contributed by atoms with van der Waals surface area (Å²) in [6, 6.07) is 25.4. The lowest BCUT2D eigenvalue weighted by Crippen LogP contribution is -2.29. The molecule has 3 aromatic carbocycles. The Kier molecular flexibility index (Phi) is 6.67. The molecule has 0 aliphatic carbocycles. The van der Waals surface area contributed by atoms with Crippen molar-refractivity contribution in [3.8, 4) is 11.5 Å². The summed E-state index contributed by atoms with van der Waals surface area (Å²) in [6.07, 6.45) is 0. The molecular weight excluding hydrogens is 494 g/mol. The van der Waals surface area contributed by atoms with Gasteiger partial charge in [0.05, 0.1) is 5.57 Å². The number of amides is 1. The number of hydrogen-bond donors (Lipinski definition) is 1. The normalized spacial score (nSPS) is 17.2. The second-order valence-electron chi connectivity index (χ2n) is 10.4. The van der Waals surface area contributed by atoms with E-state index in [2.05, 4.69) is 20.8 Å². The number of aliphatic hydroxyl groups excluding tert-OH is 1. The number of carbonyl (C=O) groups excluding carboxylic acids is 2. The predicted molar refractivity (Wildman–Crippen MR) is 152 cm³/mol. The molecule has 0 saturated carbocycles. The molecule has 1 aliphatic rings. The Morgan fingerprint density at radius 3 is 2.21 bits per heavy atom. The van der Waals surface area contributed by atoms with Crippen molar-refractivity contribution < 1.29 is 19.4 Å². The Balaban J connectivity index is 1.59. The van der Waals surface area contributed by atoms with Crippen LogP contribution in [0.5, 0.6) is 11.5 Å². The first kappa shape index (κ1) is 25.5. The number of anilines is 1. The van der Waals surface area contributed by atoms with E-state index in [1.54, 1.807) is 24.3 Å². The number of aryl methyl sites for hydroxylation is 1. The third-order valence-corrected chi connectivity index (χ3v) is 7.63. The molecule has 6 heteroatoms. The van der Waals surface area contributed by atoms with Crippen LogP contribution in [0, 0.1) is 6.92 Å². The number of carbonyl (C=O) groups is 2. The maximum absolute atomic E-state index is 13.5. The number of nitrogens with zero attached hydrogens (tertiary/aromatic N) is 1. The molecule has 0 radical (unpaired) electrons. The third kappa shape index (κ3) is 4.75. The third-order valence-electron chi connectivity index (χ3n) is 6.71. The van der Waals surface area contributed by atoms with Gasteiger partial charge in [-0.25, -0.2) is 0 Å². The number of aliphatic hydroxyl groups is 1. The average molecular weight is 524 g/mol. The van der Waals surface area contributed by atoms with Crippen LogP contribution in [-0.4, -0.2) is 16.8 Å². The Hall–Kier alpha value is -4.16. The zero-order chi connectivity index (χ0) is 27.0. The van der Waals surface area contributed by atoms with Gasteiger partial charge in [0.25, 0.3) is 11.7 Å². The van der Waals surface area contributed by atoms with Gasteiger partial charge in [0.15, 0.2) is 0 Å². The molecule has 5 nitrogen and oxygen atoms in total. The predicted octanol–water partition coefficient (Wildman–Crippen LogP) is 7.77. The molecule has 4 aromatic rings. The smallest absolute Gasteiger partial charge is 0.300 e. The van der Waals surface area contributed by atoms with Crippen LogP contribution >= 0.6 is 11.3 Å². The van der Waals surface area contributed by atoms with Gasteiger partial charge >= 0.3 is 0 Å². The minimum Gasteiger partial charge on any atom is -0.507 e. The molecule has 1 aromatic heterocycles. The van der Waals surface area contributed by atoms with Crippen molar-refractivity contribution in [2.45, 2.75) is 39.2 Å². The fraction of sp³-hybridized carbons (Fsp3) is 0.188. The molecule has 2 heterocycles. The Bertz CT molecular complexity index is 1510. The van der Waals surface area contributed by atoms with Crippen molar-refractivity contribution in [3.05, 3.63) is 117 Å². The Morgan fingerprint density at radius 1 is 0.895 bits per heavy atom. The number of ether oxygens (including phenoxy) is 1. The lowest BCUT2D eigenvalue weighted by atomic mass is 9.84. The second kappa shape index (κ2) is 9.95. The van der Waals surface area contributed by atoms with E-state index in [0.717, 1.165) is 16.0 Å². The van der Waals surface area contributed by atoms with E-state index >= 15 is 0 Å². The molecule has 1 aliphatic heterocycles. The highest BCUT2D eigenvalue weighted by molar-refractivity contribution is 7.10. The molecule has 0 spiro atoms. The van der Waals surface area contributed by atoms with Gasteiger partial charge in [-0.2, -0.15) is 0 Å². The first-order chi connectivity index (χ1) is 18.1. The van der Waals surface area contributed by atoms with E-state index in [1.807, 2.05) is 73.0 Å². The summed E-state index contributed by atoms with van der Waals surface area (Å²) in [5.74, 6) is -0.222. The number of hydrogen-bond acceptors (Lipinski definition) is 5. The zero-order valence-corrected chi connectivity index (χ0v) is 22.6. The molecule has 1 unspecified atom stereocenters. The minimum atomic E-state index is -0.742. The van der Waals surface area contributed by atoms with Gasteiger partial charge in [-0.1, -0.05) is 57.2 Å². The minimum absolute atomic E-state index is 0.0937. The van der Waals surface area contributed by atoms with Crippen molar-refractivity contribution in [1.29, 1.82) is 0 Å². The summed E-state index contributed by atoms with van der Waals surface area (Å²) in [7, 11) is 0. The van der Waals surface area contributed by atoms with Crippen LogP contribution < -0.4 is 9.64 Å². The fourth-order valence-corrected chi connectivity index (χ4v) is 5.43. The summed E-state index contributed by atoms with van der Waals surface area (Å²) >= 11 is 1.44. The van der Waals surface area contributed by atoms with E-state index in [-0.39, 0.29) is 16.7 Å². The number of thiophene rings is 1. The van der Waals surface area contributed by atoms with Crippen molar-refractivity contribution in [2.24, 2.45) is 0 Å². The van der Waals surface area contributed by atoms with Crippen LogP contribution in [0.1, 0.15) is 48.4 Å². The molecular formula is C32H29NO4S. The van der Waals surface area contributed by atoms with E-state index in [1.165, 1.54) is 16.2 Å². The summed E-state index contributed by atoms with van der Waals surface area (Å²) in [5.41, 5.74) is 2.91. The van der Waals surface area contributed by atoms with Crippen LogP contribution in [0.15, 0.2) is 95.9 Å². The number of Topliss-reactive ketones (excluding diaryl/α,β-unsaturated/α-hetero) is 1. The highest BCUT2D eigenvalue weighted by atomic mass is 32.1. The number of para-hydroxylation sites is 1. The largest absolute Gasteiger partial charge is 0.507 e. The van der Waals surface area contributed by atoms with Crippen LogP contribution in [0.3, 0.4) is 0 Å². The highest BCUT2D eigenvalue weighted by Gasteiger charge is 2.47. The Labute approximate surface area is 226 Å². The van der Waals surface area contributed by atoms with E-state index in [4.69, 9.17) is 4.74 Å². The van der Waals surface area contributed by atoms with E-state index < -0.39 is 17.7 Å². The van der Waals surface area contributed by atoms with Gasteiger partial charge in [0.2, 0.25) is 0 Å². The quantitative estimate of drug-likeness (QED) is 0.165. The van der Waals surface area contributed by atoms with Crippen LogP contribution in [0.2, 0.25) is 0 Å². The lowest BCUT2D eigenvalue weighted by molar-refractivity contribution is -0.132. The molecule has 38 heavy (non-hydrogen) atoms. The first-order valence-corrected chi connectivity index (χ1v) is 13.3. The monoisotopic (exact) mass is 523 g/mol. The first-order valence-electron chi connectivity index (χ1n) is 12.4. The van der Waals surface area contributed by atoms with Gasteiger partial charge in [-0.3, -0.25) is 14.5 Å². The van der Waals surface area contributed by atoms with Crippen LogP contribution in [0.4, 0.5) is 5.69 Å². The van der Waals surface area contributed by atoms with Crippen molar-refractivity contribution >= 4 is 34.5 Å². The molecule has 1 N–H and O–H groups in total. The standard InChI is InChI=1S/C32H29NO4S/c1-20-12-13-21(32(2,3)4)19-25(20)29(34)27-28(26-11-8-18-38-26)33(31(36)30(27)35)22-14-16-24(17-15-22)37-23-9-6-5-7-10-23/h5-19,28,34H,1-4H3/b29-27+. The number of ketones is 1. The fourth-order valence-electron chi connectivity index (χ4n) is 4.60. The molecule has 0 bridgehead atoms. The summed E-state index contributed by atoms with van der Waals surface area (Å²) in [5, 5.41) is 13.5. The van der Waals surface area contributed by atoms with Gasteiger partial charge in [-0.05, 0) is 77.4 Å². The maximum Gasteiger partial charge on any atom is 0.300 e. The van der Waals surface area contributed by atoms with Gasteiger partial charge in [0, 0.05) is 16.1 Å². The van der Waals surface area contributed by atoms with Gasteiger partial charge in [0.1, 0.15) is 23.3 Å². The highest BCUT2D eigenvalue weighted by Crippen LogP contribution is 2.44. The molecule has 1 atom stereocenters. The molecule has 1 saturated heterocycles. The van der Waals surface area contributed by atoms with Gasteiger partial charge < -0.3 is 9.84 Å². The summed E-state index contributed by atoms with van der Waals surface area (Å²) in [4.78, 5) is 29.2. The Morgan fingerprint density at radius 2 is 1.58 bits per heavy atom. The number of benzene rings is 3. The van der Waals surface area contributed by atoms with Crippen LogP contribution in [-0.2, 0) is 15.0 Å². The van der Waals surface area contributed by atoms with Gasteiger partial charge in [-0.15, -0.1) is 11.3 Å². The molecule has 1 fully saturated rings. The number of rotatable bonds is 5. The van der Waals surface area contributed by atoms with Crippen molar-refractivity contribution in [3.63, 3.8) is 0 Å². The second-order valence-corrected chi connectivity index (χ2v) is 11.4. The van der Waals surface area contributed by atoms with Crippen molar-refractivity contribution in [1.82, 2.24) is 0 Å². The molecule has 1 amide bonds. The maximum atomic E-state index is 13.5. The summed E-state index contributed by atoms with van der Waals surface area (Å²) < 4.78 is 5.89.